The quantitative estimate of drug-likeness (QED) is 0.0791. The lowest BCUT2D eigenvalue weighted by molar-refractivity contribution is -0.155. The zero-order chi connectivity index (χ0) is 27.2. The molecule has 0 bridgehead atoms. The van der Waals surface area contributed by atoms with Crippen LogP contribution in [0.2, 0.25) is 0 Å². The summed E-state index contributed by atoms with van der Waals surface area (Å²) < 4.78 is 4.91. The second-order valence-corrected chi connectivity index (χ2v) is 9.45. The van der Waals surface area contributed by atoms with Gasteiger partial charge < -0.3 is 42.2 Å². The highest BCUT2D eigenvalue weighted by atomic mass is 32.2. The van der Waals surface area contributed by atoms with Crippen molar-refractivity contribution < 1.29 is 48.8 Å². The molecule has 0 fully saturated rings. The summed E-state index contributed by atoms with van der Waals surface area (Å²) in [5.41, 5.74) is 9.36. The number of hydrogen-bond acceptors (Lipinski definition) is 11. The number of rotatable bonds is 17. The molecule has 0 aliphatic heterocycles. The molecule has 0 aromatic carbocycles. The molecule has 0 aliphatic rings. The van der Waals surface area contributed by atoms with Crippen LogP contribution in [0.1, 0.15) is 39.5 Å². The van der Waals surface area contributed by atoms with Crippen molar-refractivity contribution in [2.75, 3.05) is 25.4 Å². The van der Waals surface area contributed by atoms with E-state index in [0.29, 0.717) is 0 Å². The summed E-state index contributed by atoms with van der Waals surface area (Å²) in [5.74, 6) is -4.34. The van der Waals surface area contributed by atoms with Crippen molar-refractivity contribution in [3.63, 3.8) is 0 Å². The van der Waals surface area contributed by atoms with E-state index in [2.05, 4.69) is 10.6 Å². The molecular formula is C20H34N4O10S. The highest BCUT2D eigenvalue weighted by Gasteiger charge is 2.35. The molecule has 0 aromatic rings. The van der Waals surface area contributed by atoms with Gasteiger partial charge in [0, 0.05) is 37.1 Å². The maximum absolute atomic E-state index is 12.2. The third-order valence-electron chi connectivity index (χ3n) is 4.61. The normalized spacial score (nSPS) is 13.7. The minimum absolute atomic E-state index is 0.00581. The first-order valence-corrected chi connectivity index (χ1v) is 11.7. The van der Waals surface area contributed by atoms with Gasteiger partial charge in [0.15, 0.2) is 5.12 Å². The lowest BCUT2D eigenvalue weighted by Gasteiger charge is -2.29. The Morgan fingerprint density at radius 3 is 2.11 bits per heavy atom. The highest BCUT2D eigenvalue weighted by Crippen LogP contribution is 2.21. The summed E-state index contributed by atoms with van der Waals surface area (Å²) in [6.45, 7) is 2.65. The van der Waals surface area contributed by atoms with Gasteiger partial charge in [0.25, 0.3) is 0 Å². The second kappa shape index (κ2) is 16.0. The van der Waals surface area contributed by atoms with Gasteiger partial charge in [-0.3, -0.25) is 28.8 Å². The van der Waals surface area contributed by atoms with E-state index in [-0.39, 0.29) is 49.8 Å². The summed E-state index contributed by atoms with van der Waals surface area (Å²) in [4.78, 5) is 68.5. The van der Waals surface area contributed by atoms with Crippen LogP contribution >= 0.6 is 11.8 Å². The average Bonchev–Trinajstić information content (AvgIpc) is 2.78. The van der Waals surface area contributed by atoms with Crippen molar-refractivity contribution >= 4 is 46.6 Å². The van der Waals surface area contributed by atoms with Crippen molar-refractivity contribution in [1.82, 2.24) is 10.6 Å². The van der Waals surface area contributed by atoms with E-state index < -0.39 is 59.7 Å². The van der Waals surface area contributed by atoms with Crippen LogP contribution in [0, 0.1) is 5.41 Å². The van der Waals surface area contributed by atoms with Crippen molar-refractivity contribution in [3.8, 4) is 0 Å². The number of aliphatic carboxylic acids is 2. The molecule has 2 amide bonds. The number of carboxylic acids is 2. The predicted molar refractivity (Wildman–Crippen MR) is 124 cm³/mol. The Bertz CT molecular complexity index is 777. The first kappa shape index (κ1) is 32.2. The van der Waals surface area contributed by atoms with Crippen molar-refractivity contribution in [2.45, 2.75) is 57.7 Å². The van der Waals surface area contributed by atoms with Gasteiger partial charge in [0.1, 0.15) is 18.2 Å². The molecule has 0 aromatic heterocycles. The smallest absolute Gasteiger partial charge is 0.321 e. The second-order valence-electron chi connectivity index (χ2n) is 8.30. The number of carbonyl (C=O) groups excluding carboxylic acids is 4. The molecule has 0 unspecified atom stereocenters. The molecule has 0 radical (unpaired) electrons. The van der Waals surface area contributed by atoms with Gasteiger partial charge in [-0.1, -0.05) is 25.6 Å². The third-order valence-corrected chi connectivity index (χ3v) is 5.55. The number of carbonyl (C=O) groups is 6. The molecule has 0 heterocycles. The Balaban J connectivity index is 4.16. The predicted octanol–water partition coefficient (Wildman–Crippen LogP) is -2.21. The van der Waals surface area contributed by atoms with Gasteiger partial charge in [0.05, 0.1) is 13.0 Å². The first-order valence-electron chi connectivity index (χ1n) is 10.7. The molecule has 0 aliphatic carbocycles. The van der Waals surface area contributed by atoms with Crippen LogP contribution in [0.4, 0.5) is 0 Å². The van der Waals surface area contributed by atoms with Gasteiger partial charge in [0.2, 0.25) is 11.8 Å². The molecule has 0 rings (SSSR count). The molecule has 0 saturated carbocycles. The Morgan fingerprint density at radius 1 is 0.943 bits per heavy atom. The average molecular weight is 523 g/mol. The minimum Gasteiger partial charge on any atom is -0.480 e. The Kier molecular flexibility index (Phi) is 14.8. The Morgan fingerprint density at radius 2 is 1.54 bits per heavy atom. The number of carboxylic acid groups (broad SMARTS) is 2. The van der Waals surface area contributed by atoms with Crippen molar-refractivity contribution in [1.29, 1.82) is 0 Å². The fourth-order valence-electron chi connectivity index (χ4n) is 2.33. The fraction of sp³-hybridized carbons (Fsp3) is 0.700. The van der Waals surface area contributed by atoms with Crippen LogP contribution in [0.15, 0.2) is 0 Å². The van der Waals surface area contributed by atoms with Crippen LogP contribution in [0.25, 0.3) is 0 Å². The minimum atomic E-state index is -1.58. The topological polar surface area (TPSA) is 248 Å². The molecule has 35 heavy (non-hydrogen) atoms. The SMILES string of the molecule is CC(C)(COC(=O)C[C@H](N)C(=O)O)[C@@H](O)C(=O)NCCC(=O)NCCSC(=O)CC[C@H](N)C(=O)O. The van der Waals surface area contributed by atoms with E-state index in [4.69, 9.17) is 26.4 Å². The molecule has 200 valence electrons. The largest absolute Gasteiger partial charge is 0.480 e. The standard InChI is InChI=1S/C20H34N4O10S/c1-20(2,10-34-14(26)9-12(22)19(32)33)16(28)17(29)24-6-5-13(25)23-7-8-35-15(27)4-3-11(21)18(30)31/h11-12,16,28H,3-10,21-22H2,1-2H3,(H,23,25)(H,24,29)(H,30,31)(H,32,33)/t11-,12-,16-/m0/s1. The number of nitrogens with two attached hydrogens (primary N) is 2. The summed E-state index contributed by atoms with van der Waals surface area (Å²) in [6, 6.07) is -2.52. The van der Waals surface area contributed by atoms with Crippen molar-refractivity contribution in [2.24, 2.45) is 16.9 Å². The Hall–Kier alpha value is -2.75. The molecular weight excluding hydrogens is 488 g/mol. The van der Waals surface area contributed by atoms with E-state index >= 15 is 0 Å². The summed E-state index contributed by atoms with van der Waals surface area (Å²) >= 11 is 0.942. The monoisotopic (exact) mass is 522 g/mol. The van der Waals surface area contributed by atoms with E-state index in [0.717, 1.165) is 11.8 Å². The lowest BCUT2D eigenvalue weighted by Crippen LogP contribution is -2.47. The van der Waals surface area contributed by atoms with Gasteiger partial charge in [-0.15, -0.1) is 0 Å². The molecule has 9 N–H and O–H groups in total. The third kappa shape index (κ3) is 14.3. The van der Waals surface area contributed by atoms with Gasteiger partial charge >= 0.3 is 17.9 Å². The van der Waals surface area contributed by atoms with E-state index in [1.807, 2.05) is 0 Å². The molecule has 14 nitrogen and oxygen atoms in total. The number of aliphatic hydroxyl groups excluding tert-OH is 1. The highest BCUT2D eigenvalue weighted by molar-refractivity contribution is 8.13. The first-order chi connectivity index (χ1) is 16.2. The number of esters is 1. The summed E-state index contributed by atoms with van der Waals surface area (Å²) in [7, 11) is 0. The van der Waals surface area contributed by atoms with Gasteiger partial charge in [-0.25, -0.2) is 0 Å². The number of hydrogen-bond donors (Lipinski definition) is 7. The van der Waals surface area contributed by atoms with E-state index in [1.54, 1.807) is 0 Å². The molecule has 3 atom stereocenters. The van der Waals surface area contributed by atoms with Gasteiger partial charge in [-0.05, 0) is 6.42 Å². The number of amides is 2. The van der Waals surface area contributed by atoms with E-state index in [9.17, 15) is 33.9 Å². The molecule has 15 heteroatoms. The number of aliphatic hydroxyl groups is 1. The van der Waals surface area contributed by atoms with E-state index in [1.165, 1.54) is 13.8 Å². The zero-order valence-corrected chi connectivity index (χ0v) is 20.5. The van der Waals surface area contributed by atoms with Crippen LogP contribution in [-0.4, -0.2) is 93.8 Å². The maximum Gasteiger partial charge on any atom is 0.321 e. The summed E-state index contributed by atoms with van der Waals surface area (Å²) in [5, 5.41) is 32.3. The zero-order valence-electron chi connectivity index (χ0n) is 19.7. The van der Waals surface area contributed by atoms with Crippen LogP contribution in [-0.2, 0) is 33.5 Å². The number of thioether (sulfide) groups is 1. The maximum atomic E-state index is 12.2. The van der Waals surface area contributed by atoms with Crippen LogP contribution in [0.3, 0.4) is 0 Å². The van der Waals surface area contributed by atoms with Crippen molar-refractivity contribution in [3.05, 3.63) is 0 Å². The lowest BCUT2D eigenvalue weighted by atomic mass is 9.87. The van der Waals surface area contributed by atoms with Crippen LogP contribution in [0.5, 0.6) is 0 Å². The van der Waals surface area contributed by atoms with Gasteiger partial charge in [-0.2, -0.15) is 0 Å². The molecule has 0 saturated heterocycles. The number of nitrogens with one attached hydrogen (secondary N) is 2. The Labute approximate surface area is 206 Å². The fourth-order valence-corrected chi connectivity index (χ4v) is 3.03. The summed E-state index contributed by atoms with van der Waals surface area (Å²) in [6.07, 6.45) is -2.20. The number of ether oxygens (including phenoxy) is 1. The van der Waals surface area contributed by atoms with Crippen LogP contribution < -0.4 is 22.1 Å². The molecule has 0 spiro atoms.